The fourth-order valence-electron chi connectivity index (χ4n) is 8.74. The molecule has 4 fully saturated rings. The Morgan fingerprint density at radius 2 is 1.61 bits per heavy atom. The fourth-order valence-corrected chi connectivity index (χ4v) is 8.74. The van der Waals surface area contributed by atoms with E-state index in [1.807, 2.05) is 13.8 Å². The van der Waals surface area contributed by atoms with E-state index in [1.54, 1.807) is 0 Å². The van der Waals surface area contributed by atoms with Crippen LogP contribution in [0, 0.1) is 40.4 Å². The van der Waals surface area contributed by atoms with Crippen LogP contribution in [0.3, 0.4) is 0 Å². The molecule has 4 saturated carbocycles. The van der Waals surface area contributed by atoms with Crippen LogP contribution in [0.15, 0.2) is 0 Å². The number of hydrogen-bond donors (Lipinski definition) is 2. The van der Waals surface area contributed by atoms with Gasteiger partial charge in [-0.2, -0.15) is 0 Å². The topological polar surface area (TPSA) is 40.5 Å². The molecular formula is C26H46O2. The Hall–Kier alpha value is -0.0800. The van der Waals surface area contributed by atoms with Crippen LogP contribution in [-0.2, 0) is 0 Å². The summed E-state index contributed by atoms with van der Waals surface area (Å²) >= 11 is 0. The van der Waals surface area contributed by atoms with E-state index in [0.29, 0.717) is 11.3 Å². The molecule has 0 unspecified atom stereocenters. The molecule has 4 aliphatic carbocycles. The van der Waals surface area contributed by atoms with Crippen molar-refractivity contribution < 1.29 is 10.2 Å². The SMILES string of the molecule is CC(C)(O)CCC[C@H]1CC[C@@H]2[C@@H]3CC[C@@H]4CCCC[C@]4(C)[C@H]3CC[C@@]2(C)[C@H]1O. The molecule has 2 nitrogen and oxygen atoms in total. The molecule has 0 spiro atoms. The summed E-state index contributed by atoms with van der Waals surface area (Å²) in [6, 6.07) is 0. The minimum absolute atomic E-state index is 0.133. The van der Waals surface area contributed by atoms with E-state index in [9.17, 15) is 10.2 Å². The smallest absolute Gasteiger partial charge is 0.0624 e. The van der Waals surface area contributed by atoms with Crippen molar-refractivity contribution in [1.29, 1.82) is 0 Å². The number of aliphatic hydroxyl groups is 2. The second-order valence-corrected chi connectivity index (χ2v) is 12.4. The van der Waals surface area contributed by atoms with Gasteiger partial charge in [0, 0.05) is 0 Å². The maximum Gasteiger partial charge on any atom is 0.0624 e. The van der Waals surface area contributed by atoms with Crippen molar-refractivity contribution in [3.05, 3.63) is 0 Å². The van der Waals surface area contributed by atoms with E-state index in [2.05, 4.69) is 13.8 Å². The molecule has 28 heavy (non-hydrogen) atoms. The average Bonchev–Trinajstić information content (AvgIpc) is 2.62. The lowest BCUT2D eigenvalue weighted by Crippen LogP contribution is -2.58. The largest absolute Gasteiger partial charge is 0.392 e. The van der Waals surface area contributed by atoms with E-state index in [0.717, 1.165) is 42.9 Å². The Bertz CT molecular complexity index is 551. The minimum Gasteiger partial charge on any atom is -0.392 e. The van der Waals surface area contributed by atoms with Gasteiger partial charge in [0.2, 0.25) is 0 Å². The Balaban J connectivity index is 1.46. The highest BCUT2D eigenvalue weighted by molar-refractivity contribution is 5.08. The number of hydrogen-bond acceptors (Lipinski definition) is 2. The van der Waals surface area contributed by atoms with Gasteiger partial charge in [-0.25, -0.2) is 0 Å². The first kappa shape index (κ1) is 21.2. The first-order valence-electron chi connectivity index (χ1n) is 12.6. The van der Waals surface area contributed by atoms with Gasteiger partial charge in [0.05, 0.1) is 11.7 Å². The molecule has 2 N–H and O–H groups in total. The van der Waals surface area contributed by atoms with Crippen molar-refractivity contribution >= 4 is 0 Å². The molecule has 2 heteroatoms. The molecule has 0 amide bonds. The predicted octanol–water partition coefficient (Wildman–Crippen LogP) is 6.34. The molecule has 4 aliphatic rings. The Morgan fingerprint density at radius 1 is 0.857 bits per heavy atom. The summed E-state index contributed by atoms with van der Waals surface area (Å²) in [4.78, 5) is 0. The summed E-state index contributed by atoms with van der Waals surface area (Å²) < 4.78 is 0. The van der Waals surface area contributed by atoms with Gasteiger partial charge in [0.15, 0.2) is 0 Å². The van der Waals surface area contributed by atoms with Gasteiger partial charge in [-0.1, -0.05) is 33.1 Å². The van der Waals surface area contributed by atoms with Crippen molar-refractivity contribution in [2.75, 3.05) is 0 Å². The van der Waals surface area contributed by atoms with Gasteiger partial charge in [-0.05, 0) is 118 Å². The van der Waals surface area contributed by atoms with Crippen LogP contribution in [0.1, 0.15) is 111 Å². The highest BCUT2D eigenvalue weighted by Crippen LogP contribution is 2.66. The number of fused-ring (bicyclic) bond motifs is 5. The molecular weight excluding hydrogens is 344 g/mol. The minimum atomic E-state index is -0.571. The average molecular weight is 391 g/mol. The lowest BCUT2D eigenvalue weighted by Gasteiger charge is -2.63. The summed E-state index contributed by atoms with van der Waals surface area (Å²) in [7, 11) is 0. The van der Waals surface area contributed by atoms with Crippen LogP contribution in [0.2, 0.25) is 0 Å². The highest BCUT2D eigenvalue weighted by Gasteiger charge is 2.59. The third kappa shape index (κ3) is 3.59. The first-order valence-corrected chi connectivity index (χ1v) is 12.6. The third-order valence-electron chi connectivity index (χ3n) is 10.4. The van der Waals surface area contributed by atoms with Gasteiger partial charge < -0.3 is 10.2 Å². The van der Waals surface area contributed by atoms with Crippen LogP contribution in [0.5, 0.6) is 0 Å². The molecule has 162 valence electrons. The molecule has 0 heterocycles. The van der Waals surface area contributed by atoms with Gasteiger partial charge in [0.25, 0.3) is 0 Å². The summed E-state index contributed by atoms with van der Waals surface area (Å²) in [6.07, 6.45) is 16.7. The fraction of sp³-hybridized carbons (Fsp3) is 1.00. The number of aliphatic hydroxyl groups excluding tert-OH is 1. The molecule has 4 rings (SSSR count). The normalized spacial score (nSPS) is 49.1. The molecule has 0 aromatic carbocycles. The van der Waals surface area contributed by atoms with Crippen LogP contribution in [-0.4, -0.2) is 21.9 Å². The van der Waals surface area contributed by atoms with E-state index in [1.165, 1.54) is 64.2 Å². The third-order valence-corrected chi connectivity index (χ3v) is 10.4. The van der Waals surface area contributed by atoms with Crippen molar-refractivity contribution in [2.24, 2.45) is 40.4 Å². The maximum absolute atomic E-state index is 11.5. The van der Waals surface area contributed by atoms with Gasteiger partial charge in [0.1, 0.15) is 0 Å². The Labute approximate surface area is 173 Å². The van der Waals surface area contributed by atoms with Gasteiger partial charge in [-0.3, -0.25) is 0 Å². The quantitative estimate of drug-likeness (QED) is 0.588. The van der Waals surface area contributed by atoms with Crippen LogP contribution >= 0.6 is 0 Å². The van der Waals surface area contributed by atoms with Crippen LogP contribution in [0.25, 0.3) is 0 Å². The Kier molecular flexibility index (Phi) is 5.71. The van der Waals surface area contributed by atoms with Crippen molar-refractivity contribution in [3.63, 3.8) is 0 Å². The summed E-state index contributed by atoms with van der Waals surface area (Å²) in [5.41, 5.74) is 0.159. The van der Waals surface area contributed by atoms with Crippen molar-refractivity contribution in [3.8, 4) is 0 Å². The molecule has 0 aromatic rings. The zero-order valence-electron chi connectivity index (χ0n) is 19.1. The van der Waals surface area contributed by atoms with E-state index in [4.69, 9.17) is 0 Å². The first-order chi connectivity index (χ1) is 13.2. The predicted molar refractivity (Wildman–Crippen MR) is 116 cm³/mol. The summed E-state index contributed by atoms with van der Waals surface area (Å²) in [5, 5.41) is 21.5. The van der Waals surface area contributed by atoms with E-state index in [-0.39, 0.29) is 11.5 Å². The standard InChI is InChI=1S/C26H46O2/c1-24(2,28)15-7-8-18-10-13-21-20-12-11-19-9-5-6-16-25(19,3)22(20)14-17-26(21,4)23(18)27/h18-23,27-28H,5-17H2,1-4H3/t18-,19-,20-,21+,22-,23-,25-,26+/m0/s1. The highest BCUT2D eigenvalue weighted by atomic mass is 16.3. The summed E-state index contributed by atoms with van der Waals surface area (Å²) in [6.45, 7) is 8.90. The molecule has 0 aromatic heterocycles. The molecule has 0 saturated heterocycles. The second-order valence-electron chi connectivity index (χ2n) is 12.4. The van der Waals surface area contributed by atoms with Crippen LogP contribution < -0.4 is 0 Å². The van der Waals surface area contributed by atoms with E-state index < -0.39 is 5.60 Å². The monoisotopic (exact) mass is 390 g/mol. The van der Waals surface area contributed by atoms with Gasteiger partial charge in [-0.15, -0.1) is 0 Å². The molecule has 0 radical (unpaired) electrons. The molecule has 8 atom stereocenters. The summed E-state index contributed by atoms with van der Waals surface area (Å²) in [5.74, 6) is 3.96. The zero-order valence-corrected chi connectivity index (χ0v) is 19.1. The molecule has 0 aliphatic heterocycles. The lowest BCUT2D eigenvalue weighted by atomic mass is 9.42. The lowest BCUT2D eigenvalue weighted by molar-refractivity contribution is -0.174. The molecule has 0 bridgehead atoms. The van der Waals surface area contributed by atoms with Crippen molar-refractivity contribution in [2.45, 2.75) is 123 Å². The number of rotatable bonds is 4. The Morgan fingerprint density at radius 3 is 2.36 bits per heavy atom. The zero-order chi connectivity index (χ0) is 20.2. The van der Waals surface area contributed by atoms with E-state index >= 15 is 0 Å². The van der Waals surface area contributed by atoms with Gasteiger partial charge >= 0.3 is 0 Å². The maximum atomic E-state index is 11.5. The van der Waals surface area contributed by atoms with Crippen LogP contribution in [0.4, 0.5) is 0 Å². The van der Waals surface area contributed by atoms with Crippen molar-refractivity contribution in [1.82, 2.24) is 0 Å². The second kappa shape index (κ2) is 7.56.